The molecular formula is C23H18F3N3O6. The zero-order valence-corrected chi connectivity index (χ0v) is 17.8. The molecule has 2 aromatic carbocycles. The van der Waals surface area contributed by atoms with Gasteiger partial charge in [0.25, 0.3) is 5.91 Å². The number of alkyl halides is 3. The molecule has 9 nitrogen and oxygen atoms in total. The molecule has 0 aliphatic heterocycles. The summed E-state index contributed by atoms with van der Waals surface area (Å²) >= 11 is 0. The number of aliphatic carboxylic acids is 1. The fourth-order valence-corrected chi connectivity index (χ4v) is 3.84. The molecule has 0 spiro atoms. The first-order valence-electron chi connectivity index (χ1n) is 10.3. The Kier molecular flexibility index (Phi) is 6.45. The number of fused-ring (bicyclic) bond motifs is 3. The molecule has 0 radical (unpaired) electrons. The van der Waals surface area contributed by atoms with E-state index in [0.29, 0.717) is 0 Å². The Balaban J connectivity index is 1.36. The van der Waals surface area contributed by atoms with Crippen LogP contribution in [0.2, 0.25) is 0 Å². The number of ether oxygens (including phenoxy) is 1. The van der Waals surface area contributed by atoms with Gasteiger partial charge in [-0.05, 0) is 22.3 Å². The highest BCUT2D eigenvalue weighted by molar-refractivity contribution is 5.96. The molecule has 1 aliphatic carbocycles. The van der Waals surface area contributed by atoms with E-state index in [-0.39, 0.29) is 18.4 Å². The Morgan fingerprint density at radius 1 is 1.06 bits per heavy atom. The van der Waals surface area contributed by atoms with Gasteiger partial charge in [0.05, 0.1) is 6.42 Å². The molecule has 0 fully saturated rings. The van der Waals surface area contributed by atoms with E-state index >= 15 is 0 Å². The lowest BCUT2D eigenvalue weighted by Gasteiger charge is -2.15. The van der Waals surface area contributed by atoms with E-state index in [1.807, 2.05) is 48.5 Å². The maximum atomic E-state index is 12.5. The number of carbonyl (C=O) groups is 3. The fourth-order valence-electron chi connectivity index (χ4n) is 3.84. The van der Waals surface area contributed by atoms with Crippen molar-refractivity contribution in [3.05, 3.63) is 71.4 Å². The van der Waals surface area contributed by atoms with Crippen LogP contribution in [0.1, 0.15) is 34.0 Å². The average molecular weight is 489 g/mol. The average Bonchev–Trinajstić information content (AvgIpc) is 3.39. The van der Waals surface area contributed by atoms with E-state index in [9.17, 15) is 27.6 Å². The third-order valence-electron chi connectivity index (χ3n) is 5.35. The normalized spacial score (nSPS) is 13.5. The van der Waals surface area contributed by atoms with Crippen LogP contribution in [0, 0.1) is 0 Å². The topological polar surface area (TPSA) is 131 Å². The van der Waals surface area contributed by atoms with Crippen LogP contribution in [-0.4, -0.2) is 47.1 Å². The van der Waals surface area contributed by atoms with Crippen LogP contribution in [0.25, 0.3) is 11.1 Å². The summed E-state index contributed by atoms with van der Waals surface area (Å²) in [6.45, 7) is 0.0130. The third-order valence-corrected chi connectivity index (χ3v) is 5.35. The fraction of sp³-hybridized carbons (Fsp3) is 0.217. The number of carbonyl (C=O) groups excluding carboxylic acids is 2. The summed E-state index contributed by atoms with van der Waals surface area (Å²) in [4.78, 5) is 35.3. The Bertz CT molecular complexity index is 1230. The zero-order valence-electron chi connectivity index (χ0n) is 17.8. The maximum Gasteiger partial charge on any atom is 0.414 e. The SMILES string of the molecule is O=C(Nc1cc(C(=O)NC(CC(F)(F)F)C(=O)O)no1)OCC1c2ccccc2-c2ccccc21. The first kappa shape index (κ1) is 23.8. The molecule has 0 saturated carbocycles. The Morgan fingerprint density at radius 2 is 1.66 bits per heavy atom. The maximum absolute atomic E-state index is 12.5. The molecule has 1 aromatic heterocycles. The highest BCUT2D eigenvalue weighted by Crippen LogP contribution is 2.44. The van der Waals surface area contributed by atoms with Gasteiger partial charge in [-0.3, -0.25) is 10.1 Å². The van der Waals surface area contributed by atoms with Crippen LogP contribution in [0.4, 0.5) is 23.8 Å². The Labute approximate surface area is 195 Å². The number of rotatable bonds is 7. The van der Waals surface area contributed by atoms with Crippen molar-refractivity contribution >= 4 is 23.9 Å². The molecule has 0 bridgehead atoms. The quantitative estimate of drug-likeness (QED) is 0.454. The second-order valence-corrected chi connectivity index (χ2v) is 7.71. The van der Waals surface area contributed by atoms with Crippen molar-refractivity contribution in [2.75, 3.05) is 11.9 Å². The Hall–Kier alpha value is -4.35. The number of carboxylic acid groups (broad SMARTS) is 1. The van der Waals surface area contributed by atoms with E-state index in [1.165, 1.54) is 0 Å². The van der Waals surface area contributed by atoms with E-state index in [1.54, 1.807) is 5.32 Å². The molecule has 1 unspecified atom stereocenters. The largest absolute Gasteiger partial charge is 0.480 e. The van der Waals surface area contributed by atoms with Gasteiger partial charge in [0, 0.05) is 12.0 Å². The smallest absolute Gasteiger partial charge is 0.414 e. The summed E-state index contributed by atoms with van der Waals surface area (Å²) in [5, 5.41) is 16.2. The number of hydrogen-bond donors (Lipinski definition) is 3. The van der Waals surface area contributed by atoms with Gasteiger partial charge in [0.2, 0.25) is 5.88 Å². The van der Waals surface area contributed by atoms with Crippen molar-refractivity contribution < 1.29 is 41.9 Å². The standard InChI is InChI=1S/C23H18F3N3O6/c24-23(25,26)10-18(21(31)32)27-20(30)17-9-19(35-29-17)28-22(33)34-11-16-14-7-3-1-5-12(14)13-6-2-4-8-15(13)16/h1-9,16,18H,10-11H2,(H,27,30)(H,28,33)(H,31,32). The number of amides is 2. The molecule has 0 saturated heterocycles. The summed E-state index contributed by atoms with van der Waals surface area (Å²) in [6.07, 6.45) is -7.48. The molecular weight excluding hydrogens is 471 g/mol. The zero-order chi connectivity index (χ0) is 25.2. The summed E-state index contributed by atoms with van der Waals surface area (Å²) < 4.78 is 47.6. The molecule has 12 heteroatoms. The van der Waals surface area contributed by atoms with Crippen molar-refractivity contribution in [2.24, 2.45) is 0 Å². The molecule has 2 amide bonds. The van der Waals surface area contributed by atoms with Gasteiger partial charge in [-0.15, -0.1) is 0 Å². The first-order valence-corrected chi connectivity index (χ1v) is 10.3. The predicted molar refractivity (Wildman–Crippen MR) is 115 cm³/mol. The summed E-state index contributed by atoms with van der Waals surface area (Å²) in [7, 11) is 0. The molecule has 1 aliphatic rings. The van der Waals surface area contributed by atoms with Gasteiger partial charge in [0.1, 0.15) is 12.6 Å². The van der Waals surface area contributed by atoms with Gasteiger partial charge in [-0.1, -0.05) is 53.7 Å². The highest BCUT2D eigenvalue weighted by atomic mass is 19.4. The van der Waals surface area contributed by atoms with E-state index in [2.05, 4.69) is 10.5 Å². The van der Waals surface area contributed by atoms with E-state index in [0.717, 1.165) is 28.3 Å². The lowest BCUT2D eigenvalue weighted by atomic mass is 9.98. The summed E-state index contributed by atoms with van der Waals surface area (Å²) in [6, 6.07) is 14.2. The number of halogens is 3. The Morgan fingerprint density at radius 3 is 2.23 bits per heavy atom. The summed E-state index contributed by atoms with van der Waals surface area (Å²) in [5.74, 6) is -3.58. The number of benzene rings is 2. The van der Waals surface area contributed by atoms with Gasteiger partial charge in [-0.2, -0.15) is 13.2 Å². The van der Waals surface area contributed by atoms with Gasteiger partial charge in [0.15, 0.2) is 5.69 Å². The number of hydrogen-bond acceptors (Lipinski definition) is 6. The molecule has 182 valence electrons. The molecule has 3 N–H and O–H groups in total. The van der Waals surface area contributed by atoms with Crippen molar-refractivity contribution in [3.63, 3.8) is 0 Å². The van der Waals surface area contributed by atoms with Crippen molar-refractivity contribution in [1.82, 2.24) is 10.5 Å². The second-order valence-electron chi connectivity index (χ2n) is 7.71. The second kappa shape index (κ2) is 9.49. The lowest BCUT2D eigenvalue weighted by Crippen LogP contribution is -2.43. The molecule has 4 rings (SSSR count). The molecule has 3 aromatic rings. The minimum atomic E-state index is -4.81. The van der Waals surface area contributed by atoms with Crippen LogP contribution in [-0.2, 0) is 9.53 Å². The van der Waals surface area contributed by atoms with Crippen molar-refractivity contribution in [1.29, 1.82) is 0 Å². The van der Waals surface area contributed by atoms with Crippen molar-refractivity contribution in [3.8, 4) is 11.1 Å². The van der Waals surface area contributed by atoms with Crippen molar-refractivity contribution in [2.45, 2.75) is 24.6 Å². The predicted octanol–water partition coefficient (Wildman–Crippen LogP) is 4.17. The minimum Gasteiger partial charge on any atom is -0.480 e. The third kappa shape index (κ3) is 5.42. The first-order chi connectivity index (χ1) is 16.6. The van der Waals surface area contributed by atoms with Crippen LogP contribution in [0.3, 0.4) is 0 Å². The van der Waals surface area contributed by atoms with Crippen LogP contribution < -0.4 is 10.6 Å². The number of nitrogens with zero attached hydrogens (tertiary/aromatic N) is 1. The van der Waals surface area contributed by atoms with Crippen LogP contribution >= 0.6 is 0 Å². The number of carboxylic acids is 1. The van der Waals surface area contributed by atoms with Gasteiger partial charge >= 0.3 is 18.2 Å². The molecule has 1 atom stereocenters. The summed E-state index contributed by atoms with van der Waals surface area (Å²) in [5.41, 5.74) is 3.59. The number of anilines is 1. The monoisotopic (exact) mass is 489 g/mol. The minimum absolute atomic E-state index is 0.0130. The molecule has 1 heterocycles. The lowest BCUT2D eigenvalue weighted by molar-refractivity contribution is -0.157. The highest BCUT2D eigenvalue weighted by Gasteiger charge is 2.37. The number of nitrogens with one attached hydrogen (secondary N) is 2. The van der Waals surface area contributed by atoms with E-state index in [4.69, 9.17) is 14.4 Å². The van der Waals surface area contributed by atoms with E-state index < -0.39 is 42.3 Å². The van der Waals surface area contributed by atoms with Crippen LogP contribution in [0.15, 0.2) is 59.1 Å². The number of aromatic nitrogens is 1. The van der Waals surface area contributed by atoms with Gasteiger partial charge in [-0.25, -0.2) is 9.59 Å². The van der Waals surface area contributed by atoms with Crippen LogP contribution in [0.5, 0.6) is 0 Å². The van der Waals surface area contributed by atoms with Gasteiger partial charge < -0.3 is 19.7 Å². The molecule has 35 heavy (non-hydrogen) atoms.